The number of nitrogens with two attached hydrogens (primary N) is 1. The minimum absolute atomic E-state index is 0. The first-order valence-electron chi connectivity index (χ1n) is 5.69. The van der Waals surface area contributed by atoms with Crippen LogP contribution < -0.4 is 5.73 Å². The van der Waals surface area contributed by atoms with Crippen molar-refractivity contribution in [3.05, 3.63) is 12.7 Å². The number of hydrogen-bond acceptors (Lipinski definition) is 8. The van der Waals surface area contributed by atoms with Crippen LogP contribution in [0.25, 0.3) is 11.2 Å². The number of hydrogen-bond donors (Lipinski definition) is 4. The molecular weight excluding hydrogens is 337 g/mol. The normalized spacial score (nSPS) is 26.9. The van der Waals surface area contributed by atoms with Crippen molar-refractivity contribution in [3.8, 4) is 0 Å². The van der Waals surface area contributed by atoms with Crippen molar-refractivity contribution < 1.29 is 49.6 Å². The molecule has 11 nitrogen and oxygen atoms in total. The van der Waals surface area contributed by atoms with Gasteiger partial charge >= 0.3 is 0 Å². The third kappa shape index (κ3) is 3.07. The van der Waals surface area contributed by atoms with Crippen LogP contribution in [0.3, 0.4) is 0 Å². The van der Waals surface area contributed by atoms with Crippen molar-refractivity contribution in [1.82, 2.24) is 19.5 Å². The number of rotatable bonds is 2. The monoisotopic (exact) mass is 354 g/mol. The first kappa shape index (κ1) is 20.7. The van der Waals surface area contributed by atoms with E-state index in [1.165, 1.54) is 17.2 Å². The predicted octanol–water partition coefficient (Wildman–Crippen LogP) is -3.63. The fourth-order valence-corrected chi connectivity index (χ4v) is 2.17. The van der Waals surface area contributed by atoms with Gasteiger partial charge in [0.1, 0.15) is 30.2 Å². The number of nitrogens with zero attached hydrogens (tertiary/aromatic N) is 4. The number of aliphatic hydroxyl groups is 3. The number of aliphatic hydroxyl groups excluding tert-OH is 3. The molecule has 0 unspecified atom stereocenters. The van der Waals surface area contributed by atoms with E-state index in [1.807, 2.05) is 0 Å². The maximum atomic E-state index is 9.95. The van der Waals surface area contributed by atoms with Crippen LogP contribution in [0.15, 0.2) is 12.7 Å². The topological polar surface area (TPSA) is 203 Å². The molecule has 0 amide bonds. The molecule has 123 valence electrons. The van der Waals surface area contributed by atoms with Gasteiger partial charge in [-0.1, -0.05) is 0 Å². The quantitative estimate of drug-likeness (QED) is 0.422. The SMILES string of the molecule is Nc1ncnc2c1ncn2[C@@H]1O[C@H](CO)[C@@H](O)[C@H]1O.O.O.[V]. The maximum Gasteiger partial charge on any atom is 0.167 e. The molecule has 0 bridgehead atoms. The number of anilines is 1. The molecular formula is C10H17N5O6V. The summed E-state index contributed by atoms with van der Waals surface area (Å²) in [6, 6.07) is 0. The van der Waals surface area contributed by atoms with E-state index in [1.54, 1.807) is 0 Å². The van der Waals surface area contributed by atoms with Gasteiger partial charge in [0.05, 0.1) is 12.9 Å². The van der Waals surface area contributed by atoms with Crippen LogP contribution in [-0.2, 0) is 23.3 Å². The second-order valence-electron chi connectivity index (χ2n) is 4.31. The second-order valence-corrected chi connectivity index (χ2v) is 4.31. The smallest absolute Gasteiger partial charge is 0.167 e. The maximum absolute atomic E-state index is 9.95. The van der Waals surface area contributed by atoms with Gasteiger partial charge in [-0.05, 0) is 0 Å². The minimum Gasteiger partial charge on any atom is -0.412 e. The molecule has 3 heterocycles. The number of imidazole rings is 1. The van der Waals surface area contributed by atoms with Crippen LogP contribution in [0.2, 0.25) is 0 Å². The molecule has 0 spiro atoms. The van der Waals surface area contributed by atoms with Crippen LogP contribution in [0.1, 0.15) is 6.23 Å². The Morgan fingerprint density at radius 3 is 2.45 bits per heavy atom. The van der Waals surface area contributed by atoms with E-state index in [-0.39, 0.29) is 35.3 Å². The Balaban J connectivity index is 0.00000147. The first-order valence-corrected chi connectivity index (χ1v) is 5.69. The second kappa shape index (κ2) is 7.81. The molecule has 1 aliphatic rings. The zero-order chi connectivity index (χ0) is 13.6. The van der Waals surface area contributed by atoms with Gasteiger partial charge in [0.15, 0.2) is 17.7 Å². The molecule has 3 rings (SSSR count). The van der Waals surface area contributed by atoms with E-state index < -0.39 is 31.1 Å². The van der Waals surface area contributed by atoms with Crippen LogP contribution in [0, 0.1) is 0 Å². The predicted molar refractivity (Wildman–Crippen MR) is 70.0 cm³/mol. The Labute approximate surface area is 136 Å². The molecule has 1 fully saturated rings. The summed E-state index contributed by atoms with van der Waals surface area (Å²) in [5.41, 5.74) is 6.44. The molecule has 0 aromatic carbocycles. The minimum atomic E-state index is -1.19. The molecule has 4 atom stereocenters. The summed E-state index contributed by atoms with van der Waals surface area (Å²) in [5, 5.41) is 28.7. The Hall–Kier alpha value is -1.31. The molecule has 0 aliphatic carbocycles. The molecule has 1 radical (unpaired) electrons. The average Bonchev–Trinajstić information content (AvgIpc) is 2.94. The Bertz CT molecular complexity index is 613. The first-order chi connectivity index (χ1) is 9.13. The fourth-order valence-electron chi connectivity index (χ4n) is 2.17. The van der Waals surface area contributed by atoms with Crippen LogP contribution in [0.4, 0.5) is 5.82 Å². The third-order valence-corrected chi connectivity index (χ3v) is 3.18. The standard InChI is InChI=1S/C10H13N5O4.2H2O.V/c11-8-5-9(13-2-12-8)15(3-14-5)10-7(18)6(17)4(1-16)19-10;;;/h2-4,6-7,10,16-18H,1H2,(H2,11,12,13);2*1H2;/t4-,6-,7-,10-;;;/m1.../s1. The summed E-state index contributed by atoms with van der Waals surface area (Å²) < 4.78 is 6.85. The van der Waals surface area contributed by atoms with Gasteiger partial charge in [-0.15, -0.1) is 0 Å². The molecule has 2 aromatic heterocycles. The summed E-state index contributed by atoms with van der Waals surface area (Å²) in [6.45, 7) is -0.390. The van der Waals surface area contributed by atoms with E-state index in [0.29, 0.717) is 11.2 Å². The molecule has 1 aliphatic heterocycles. The van der Waals surface area contributed by atoms with Crippen molar-refractivity contribution >= 4 is 17.0 Å². The summed E-state index contributed by atoms with van der Waals surface area (Å²) in [7, 11) is 0. The number of nitrogen functional groups attached to an aromatic ring is 1. The molecule has 9 N–H and O–H groups in total. The van der Waals surface area contributed by atoms with E-state index in [4.69, 9.17) is 15.6 Å². The van der Waals surface area contributed by atoms with Gasteiger partial charge in [-0.3, -0.25) is 4.57 Å². The Morgan fingerprint density at radius 2 is 1.86 bits per heavy atom. The summed E-state index contributed by atoms with van der Waals surface area (Å²) in [5.74, 6) is 0.218. The number of fused-ring (bicyclic) bond motifs is 1. The van der Waals surface area contributed by atoms with Crippen molar-refractivity contribution in [2.75, 3.05) is 12.3 Å². The molecule has 1 saturated heterocycles. The van der Waals surface area contributed by atoms with E-state index in [9.17, 15) is 10.2 Å². The average molecular weight is 354 g/mol. The number of aromatic nitrogens is 4. The summed E-state index contributed by atoms with van der Waals surface area (Å²) >= 11 is 0. The third-order valence-electron chi connectivity index (χ3n) is 3.18. The van der Waals surface area contributed by atoms with Crippen LogP contribution in [-0.4, -0.2) is 70.7 Å². The van der Waals surface area contributed by atoms with Gasteiger partial charge in [0.25, 0.3) is 0 Å². The van der Waals surface area contributed by atoms with Gasteiger partial charge in [0.2, 0.25) is 0 Å². The van der Waals surface area contributed by atoms with E-state index >= 15 is 0 Å². The Morgan fingerprint density at radius 1 is 1.18 bits per heavy atom. The van der Waals surface area contributed by atoms with E-state index in [0.717, 1.165) is 0 Å². The van der Waals surface area contributed by atoms with Crippen LogP contribution >= 0.6 is 0 Å². The van der Waals surface area contributed by atoms with Gasteiger partial charge in [-0.25, -0.2) is 15.0 Å². The summed E-state index contributed by atoms with van der Waals surface area (Å²) in [4.78, 5) is 11.9. The number of ether oxygens (including phenoxy) is 1. The van der Waals surface area contributed by atoms with Crippen molar-refractivity contribution in [2.24, 2.45) is 0 Å². The zero-order valence-electron chi connectivity index (χ0n) is 11.2. The molecule has 12 heteroatoms. The fraction of sp³-hybridized carbons (Fsp3) is 0.500. The van der Waals surface area contributed by atoms with E-state index in [2.05, 4.69) is 15.0 Å². The molecule has 2 aromatic rings. The zero-order valence-corrected chi connectivity index (χ0v) is 12.6. The van der Waals surface area contributed by atoms with Gasteiger partial charge in [0, 0.05) is 18.6 Å². The largest absolute Gasteiger partial charge is 0.412 e. The van der Waals surface area contributed by atoms with Crippen LogP contribution in [0.5, 0.6) is 0 Å². The molecule has 22 heavy (non-hydrogen) atoms. The van der Waals surface area contributed by atoms with Crippen molar-refractivity contribution in [2.45, 2.75) is 24.5 Å². The molecule has 0 saturated carbocycles. The van der Waals surface area contributed by atoms with Crippen molar-refractivity contribution in [1.29, 1.82) is 0 Å². The van der Waals surface area contributed by atoms with Gasteiger partial charge < -0.3 is 36.7 Å². The Kier molecular flexibility index (Phi) is 7.34. The van der Waals surface area contributed by atoms with Gasteiger partial charge in [-0.2, -0.15) is 0 Å². The van der Waals surface area contributed by atoms with Crippen molar-refractivity contribution in [3.63, 3.8) is 0 Å². The summed E-state index contributed by atoms with van der Waals surface area (Å²) in [6.07, 6.45) is -1.42.